The van der Waals surface area contributed by atoms with E-state index in [1.807, 2.05) is 0 Å². The number of hydrogen-bond acceptors (Lipinski definition) is 7. The van der Waals surface area contributed by atoms with Crippen molar-refractivity contribution in [3.05, 3.63) is 0 Å². The number of methoxy groups -OCH3 is 1. The van der Waals surface area contributed by atoms with Crippen LogP contribution in [0.2, 0.25) is 0 Å². The summed E-state index contributed by atoms with van der Waals surface area (Å²) in [5.74, 6) is 0.117. The van der Waals surface area contributed by atoms with Crippen molar-refractivity contribution < 1.29 is 13.2 Å². The lowest BCUT2D eigenvalue weighted by Crippen LogP contribution is -2.18. The highest BCUT2D eigenvalue weighted by Gasteiger charge is 2.29. The second-order valence-corrected chi connectivity index (χ2v) is 7.63. The number of anilines is 2. The van der Waals surface area contributed by atoms with E-state index >= 15 is 0 Å². The number of sulfone groups is 1. The van der Waals surface area contributed by atoms with Gasteiger partial charge in [-0.15, -0.1) is 0 Å². The third-order valence-corrected chi connectivity index (χ3v) is 6.14. The van der Waals surface area contributed by atoms with Crippen molar-refractivity contribution in [2.24, 2.45) is 0 Å². The standard InChI is InChI=1S/C11H19N3O3S2/c1-3-19(15,16)9-10(12)14-18-11(9)13-7-4-5-8(6-7)17-2/h7-8,13H,3-6H2,1-2H3,(H2,12,14). The summed E-state index contributed by atoms with van der Waals surface area (Å²) in [6.45, 7) is 1.60. The molecule has 1 heterocycles. The van der Waals surface area contributed by atoms with Crippen LogP contribution in [0.4, 0.5) is 10.8 Å². The van der Waals surface area contributed by atoms with Crippen LogP contribution in [-0.2, 0) is 14.6 Å². The number of nitrogens with two attached hydrogens (primary N) is 1. The maximum atomic E-state index is 12.0. The number of nitrogen functional groups attached to an aromatic ring is 1. The molecule has 1 aromatic rings. The summed E-state index contributed by atoms with van der Waals surface area (Å²) in [7, 11) is -1.65. The van der Waals surface area contributed by atoms with Crippen molar-refractivity contribution in [1.82, 2.24) is 4.37 Å². The quantitative estimate of drug-likeness (QED) is 0.856. The van der Waals surface area contributed by atoms with Crippen LogP contribution >= 0.6 is 11.5 Å². The van der Waals surface area contributed by atoms with Gasteiger partial charge in [-0.05, 0) is 30.8 Å². The summed E-state index contributed by atoms with van der Waals surface area (Å²) in [6, 6.07) is 0.218. The van der Waals surface area contributed by atoms with Crippen LogP contribution in [0.1, 0.15) is 26.2 Å². The lowest BCUT2D eigenvalue weighted by atomic mass is 10.2. The third-order valence-electron chi connectivity index (χ3n) is 3.42. The summed E-state index contributed by atoms with van der Waals surface area (Å²) in [6.07, 6.45) is 3.06. The molecular weight excluding hydrogens is 286 g/mol. The van der Waals surface area contributed by atoms with Gasteiger partial charge < -0.3 is 15.8 Å². The number of rotatable bonds is 5. The van der Waals surface area contributed by atoms with Crippen LogP contribution in [0.3, 0.4) is 0 Å². The van der Waals surface area contributed by atoms with E-state index < -0.39 is 9.84 Å². The first-order valence-electron chi connectivity index (χ1n) is 6.25. The van der Waals surface area contributed by atoms with Gasteiger partial charge in [0.25, 0.3) is 0 Å². The molecule has 1 aliphatic rings. The van der Waals surface area contributed by atoms with E-state index in [0.29, 0.717) is 5.00 Å². The van der Waals surface area contributed by atoms with Crippen molar-refractivity contribution in [2.75, 3.05) is 23.9 Å². The zero-order valence-electron chi connectivity index (χ0n) is 11.0. The van der Waals surface area contributed by atoms with E-state index in [9.17, 15) is 8.42 Å². The number of nitrogens with zero attached hydrogens (tertiary/aromatic N) is 1. The molecule has 1 aliphatic carbocycles. The Labute approximate surface area is 117 Å². The molecule has 8 heteroatoms. The Morgan fingerprint density at radius 1 is 1.53 bits per heavy atom. The van der Waals surface area contributed by atoms with E-state index in [0.717, 1.165) is 30.8 Å². The van der Waals surface area contributed by atoms with Gasteiger partial charge in [-0.1, -0.05) is 6.92 Å². The SMILES string of the molecule is CCS(=O)(=O)c1c(N)nsc1NC1CCC(OC)C1. The third kappa shape index (κ3) is 3.01. The summed E-state index contributed by atoms with van der Waals surface area (Å²) in [4.78, 5) is 0.154. The molecule has 1 fully saturated rings. The van der Waals surface area contributed by atoms with Gasteiger partial charge in [0.2, 0.25) is 0 Å². The molecule has 0 aliphatic heterocycles. The van der Waals surface area contributed by atoms with E-state index in [-0.39, 0.29) is 28.6 Å². The van der Waals surface area contributed by atoms with Gasteiger partial charge in [0.05, 0.1) is 11.9 Å². The second kappa shape index (κ2) is 5.64. The monoisotopic (exact) mass is 305 g/mol. The van der Waals surface area contributed by atoms with Crippen molar-refractivity contribution in [2.45, 2.75) is 43.2 Å². The molecule has 0 aromatic carbocycles. The van der Waals surface area contributed by atoms with Crippen LogP contribution in [0, 0.1) is 0 Å². The molecule has 3 N–H and O–H groups in total. The van der Waals surface area contributed by atoms with E-state index in [4.69, 9.17) is 10.5 Å². The van der Waals surface area contributed by atoms with Crippen molar-refractivity contribution in [3.63, 3.8) is 0 Å². The van der Waals surface area contributed by atoms with Gasteiger partial charge >= 0.3 is 0 Å². The molecule has 1 saturated carbocycles. The highest BCUT2D eigenvalue weighted by Crippen LogP contribution is 2.35. The first-order valence-corrected chi connectivity index (χ1v) is 8.67. The van der Waals surface area contributed by atoms with Gasteiger partial charge in [0, 0.05) is 13.2 Å². The lowest BCUT2D eigenvalue weighted by molar-refractivity contribution is 0.108. The lowest BCUT2D eigenvalue weighted by Gasteiger charge is -2.13. The first-order chi connectivity index (χ1) is 8.97. The number of hydrogen-bond donors (Lipinski definition) is 2. The van der Waals surface area contributed by atoms with Crippen molar-refractivity contribution in [3.8, 4) is 0 Å². The zero-order valence-corrected chi connectivity index (χ0v) is 12.7. The largest absolute Gasteiger partial charge is 0.382 e. The normalized spacial score (nSPS) is 23.7. The van der Waals surface area contributed by atoms with Gasteiger partial charge in [-0.2, -0.15) is 4.37 Å². The fraction of sp³-hybridized carbons (Fsp3) is 0.727. The summed E-state index contributed by atoms with van der Waals surface area (Å²) < 4.78 is 33.3. The first kappa shape index (κ1) is 14.5. The minimum Gasteiger partial charge on any atom is -0.382 e. The summed E-state index contributed by atoms with van der Waals surface area (Å²) in [5, 5.41) is 3.81. The summed E-state index contributed by atoms with van der Waals surface area (Å²) >= 11 is 1.11. The minimum atomic E-state index is -3.35. The predicted molar refractivity (Wildman–Crippen MR) is 76.3 cm³/mol. The van der Waals surface area contributed by atoms with Crippen LogP contribution in [0.15, 0.2) is 4.90 Å². The van der Waals surface area contributed by atoms with Crippen molar-refractivity contribution >= 4 is 32.2 Å². The van der Waals surface area contributed by atoms with Gasteiger partial charge in [-0.25, -0.2) is 8.42 Å². The topological polar surface area (TPSA) is 94.3 Å². The number of aromatic nitrogens is 1. The van der Waals surface area contributed by atoms with E-state index in [1.54, 1.807) is 14.0 Å². The maximum Gasteiger partial charge on any atom is 0.184 e. The molecule has 0 bridgehead atoms. The highest BCUT2D eigenvalue weighted by atomic mass is 32.2. The molecule has 0 spiro atoms. The van der Waals surface area contributed by atoms with Crippen molar-refractivity contribution in [1.29, 1.82) is 0 Å². The Bertz CT molecular complexity index is 541. The molecule has 1 aromatic heterocycles. The number of nitrogens with one attached hydrogen (secondary N) is 1. The Balaban J connectivity index is 2.18. The molecule has 2 rings (SSSR count). The second-order valence-electron chi connectivity index (χ2n) is 4.64. The minimum absolute atomic E-state index is 0.0235. The molecule has 0 radical (unpaired) electrons. The molecule has 6 nitrogen and oxygen atoms in total. The zero-order chi connectivity index (χ0) is 14.0. The van der Waals surface area contributed by atoms with Crippen LogP contribution in [0.25, 0.3) is 0 Å². The maximum absolute atomic E-state index is 12.0. The average molecular weight is 305 g/mol. The Morgan fingerprint density at radius 2 is 2.26 bits per heavy atom. The predicted octanol–water partition coefficient (Wildman–Crippen LogP) is 1.50. The average Bonchev–Trinajstić information content (AvgIpc) is 2.97. The molecule has 0 saturated heterocycles. The van der Waals surface area contributed by atoms with E-state index in [2.05, 4.69) is 9.69 Å². The van der Waals surface area contributed by atoms with Crippen LogP contribution in [0.5, 0.6) is 0 Å². The van der Waals surface area contributed by atoms with Gasteiger partial charge in [0.1, 0.15) is 9.90 Å². The fourth-order valence-corrected chi connectivity index (χ4v) is 4.53. The van der Waals surface area contributed by atoms with Crippen LogP contribution in [-0.4, -0.2) is 37.8 Å². The van der Waals surface area contributed by atoms with Gasteiger partial charge in [-0.3, -0.25) is 0 Å². The number of ether oxygens (including phenoxy) is 1. The Hall–Kier alpha value is -0.860. The molecule has 2 unspecified atom stereocenters. The smallest absolute Gasteiger partial charge is 0.184 e. The molecule has 0 amide bonds. The molecular formula is C11H19N3O3S2. The van der Waals surface area contributed by atoms with Gasteiger partial charge in [0.15, 0.2) is 15.7 Å². The molecule has 108 valence electrons. The fourth-order valence-electron chi connectivity index (χ4n) is 2.30. The van der Waals surface area contributed by atoms with E-state index in [1.165, 1.54) is 0 Å². The molecule has 19 heavy (non-hydrogen) atoms. The Morgan fingerprint density at radius 3 is 2.84 bits per heavy atom. The summed E-state index contributed by atoms with van der Waals surface area (Å²) in [5.41, 5.74) is 5.69. The molecule has 2 atom stereocenters. The highest BCUT2D eigenvalue weighted by molar-refractivity contribution is 7.91. The Kier molecular flexibility index (Phi) is 4.32. The van der Waals surface area contributed by atoms with Crippen LogP contribution < -0.4 is 11.1 Å².